The van der Waals surface area contributed by atoms with Gasteiger partial charge < -0.3 is 5.11 Å². The molecule has 0 bridgehead atoms. The Labute approximate surface area is 105 Å². The minimum absolute atomic E-state index is 0.165. The fourth-order valence-electron chi connectivity index (χ4n) is 1.37. The highest BCUT2D eigenvalue weighted by Crippen LogP contribution is 2.17. The largest absolute Gasteiger partial charge is 0.480 e. The molecule has 1 aromatic carbocycles. The quantitative estimate of drug-likeness (QED) is 0.848. The van der Waals surface area contributed by atoms with Gasteiger partial charge in [0.15, 0.2) is 5.25 Å². The van der Waals surface area contributed by atoms with Gasteiger partial charge in [-0.2, -0.15) is 0 Å². The molecule has 0 heterocycles. The Kier molecular flexibility index (Phi) is 4.42. The average Bonchev–Trinajstić information content (AvgIpc) is 2.27. The van der Waals surface area contributed by atoms with Crippen molar-refractivity contribution in [1.82, 2.24) is 4.72 Å². The van der Waals surface area contributed by atoms with Crippen LogP contribution < -0.4 is 4.72 Å². The maximum atomic E-state index is 13.4. The Morgan fingerprint density at radius 3 is 2.39 bits per heavy atom. The topological polar surface area (TPSA) is 83.5 Å². The van der Waals surface area contributed by atoms with Crippen LogP contribution in [0.4, 0.5) is 4.39 Å². The molecule has 0 amide bonds. The fraction of sp³-hybridized carbons (Fsp3) is 0.364. The van der Waals surface area contributed by atoms with Gasteiger partial charge >= 0.3 is 5.97 Å². The first-order valence-electron chi connectivity index (χ1n) is 5.24. The van der Waals surface area contributed by atoms with Crippen LogP contribution in [0.25, 0.3) is 0 Å². The highest BCUT2D eigenvalue weighted by Gasteiger charge is 2.29. The molecule has 0 saturated carbocycles. The van der Waals surface area contributed by atoms with E-state index in [-0.39, 0.29) is 5.56 Å². The van der Waals surface area contributed by atoms with Gasteiger partial charge in [0.2, 0.25) is 10.0 Å². The number of nitrogens with one attached hydrogen (secondary N) is 1. The van der Waals surface area contributed by atoms with Gasteiger partial charge in [0, 0.05) is 11.6 Å². The van der Waals surface area contributed by atoms with Gasteiger partial charge in [0.1, 0.15) is 5.82 Å². The van der Waals surface area contributed by atoms with E-state index in [1.807, 2.05) is 0 Å². The van der Waals surface area contributed by atoms with E-state index >= 15 is 0 Å². The Hall–Kier alpha value is -1.47. The molecule has 0 aliphatic carbocycles. The maximum absolute atomic E-state index is 13.4. The molecular weight excluding hydrogens is 261 g/mol. The van der Waals surface area contributed by atoms with E-state index in [2.05, 4.69) is 4.72 Å². The normalized spacial score (nSPS) is 15.1. The molecule has 0 saturated heterocycles. The van der Waals surface area contributed by atoms with Crippen LogP contribution in [0.2, 0.25) is 0 Å². The molecule has 2 N–H and O–H groups in total. The van der Waals surface area contributed by atoms with Gasteiger partial charge in [-0.15, -0.1) is 0 Å². The van der Waals surface area contributed by atoms with E-state index in [9.17, 15) is 17.6 Å². The molecule has 0 spiro atoms. The second kappa shape index (κ2) is 5.45. The summed E-state index contributed by atoms with van der Waals surface area (Å²) >= 11 is 0. The third-order valence-corrected chi connectivity index (χ3v) is 4.34. The van der Waals surface area contributed by atoms with Gasteiger partial charge in [-0.05, 0) is 19.9 Å². The van der Waals surface area contributed by atoms with Crippen molar-refractivity contribution in [2.75, 3.05) is 0 Å². The molecule has 100 valence electrons. The van der Waals surface area contributed by atoms with Crippen molar-refractivity contribution in [3.05, 3.63) is 35.6 Å². The van der Waals surface area contributed by atoms with Crippen LogP contribution in [0, 0.1) is 5.82 Å². The lowest BCUT2D eigenvalue weighted by Gasteiger charge is -2.17. The first-order chi connectivity index (χ1) is 8.25. The van der Waals surface area contributed by atoms with Crippen LogP contribution in [0.5, 0.6) is 0 Å². The van der Waals surface area contributed by atoms with E-state index in [4.69, 9.17) is 5.11 Å². The Morgan fingerprint density at radius 2 is 1.89 bits per heavy atom. The van der Waals surface area contributed by atoms with E-state index in [0.29, 0.717) is 0 Å². The minimum Gasteiger partial charge on any atom is -0.480 e. The van der Waals surface area contributed by atoms with Crippen LogP contribution in [0.15, 0.2) is 24.3 Å². The monoisotopic (exact) mass is 275 g/mol. The van der Waals surface area contributed by atoms with Crippen molar-refractivity contribution in [1.29, 1.82) is 0 Å². The van der Waals surface area contributed by atoms with Crippen molar-refractivity contribution in [2.45, 2.75) is 25.1 Å². The van der Waals surface area contributed by atoms with Gasteiger partial charge in [-0.1, -0.05) is 18.2 Å². The van der Waals surface area contributed by atoms with E-state index < -0.39 is 33.1 Å². The van der Waals surface area contributed by atoms with Crippen LogP contribution in [-0.2, 0) is 14.8 Å². The van der Waals surface area contributed by atoms with Gasteiger partial charge in [-0.3, -0.25) is 4.79 Å². The third-order valence-electron chi connectivity index (χ3n) is 2.53. The zero-order valence-corrected chi connectivity index (χ0v) is 10.7. The Morgan fingerprint density at radius 1 is 1.33 bits per heavy atom. The number of rotatable bonds is 5. The molecule has 0 aliphatic rings. The number of carbonyl (C=O) groups is 1. The maximum Gasteiger partial charge on any atom is 0.323 e. The van der Waals surface area contributed by atoms with Crippen molar-refractivity contribution >= 4 is 16.0 Å². The summed E-state index contributed by atoms with van der Waals surface area (Å²) < 4.78 is 38.9. The molecule has 5 nitrogen and oxygen atoms in total. The molecule has 18 heavy (non-hydrogen) atoms. The minimum atomic E-state index is -4.04. The Bertz CT molecular complexity index is 544. The SMILES string of the molecule is CC(NS(=O)(=O)C(C)C(=O)O)c1ccccc1F. The fourth-order valence-corrected chi connectivity index (χ4v) is 2.46. The number of benzene rings is 1. The molecule has 0 radical (unpaired) electrons. The summed E-state index contributed by atoms with van der Waals surface area (Å²) in [6, 6.07) is 4.87. The second-order valence-corrected chi connectivity index (χ2v) is 5.92. The lowest BCUT2D eigenvalue weighted by atomic mass is 10.1. The molecular formula is C11H14FNO4S. The number of carboxylic acids is 1. The molecule has 0 fully saturated rings. The zero-order chi connectivity index (χ0) is 13.9. The first-order valence-corrected chi connectivity index (χ1v) is 6.78. The molecule has 2 unspecified atom stereocenters. The predicted molar refractivity (Wildman–Crippen MR) is 64.0 cm³/mol. The highest BCUT2D eigenvalue weighted by atomic mass is 32.2. The van der Waals surface area contributed by atoms with Gasteiger partial charge in [0.05, 0.1) is 0 Å². The van der Waals surface area contributed by atoms with Crippen molar-refractivity contribution < 1.29 is 22.7 Å². The molecule has 2 atom stereocenters. The summed E-state index contributed by atoms with van der Waals surface area (Å²) in [6.45, 7) is 2.50. The lowest BCUT2D eigenvalue weighted by molar-refractivity contribution is -0.136. The number of aliphatic carboxylic acids is 1. The number of halogens is 1. The standard InChI is InChI=1S/C11H14FNO4S/c1-7(9-5-3-4-6-10(9)12)13-18(16,17)8(2)11(14)15/h3-8,13H,1-2H3,(H,14,15). The van der Waals surface area contributed by atoms with Crippen molar-refractivity contribution in [2.24, 2.45) is 0 Å². The van der Waals surface area contributed by atoms with E-state index in [0.717, 1.165) is 6.92 Å². The summed E-state index contributed by atoms with van der Waals surface area (Å²) in [5, 5.41) is 7.07. The number of sulfonamides is 1. The number of hydrogen-bond donors (Lipinski definition) is 2. The molecule has 7 heteroatoms. The van der Waals surface area contributed by atoms with Crippen LogP contribution in [0.3, 0.4) is 0 Å². The molecule has 1 aromatic rings. The average molecular weight is 275 g/mol. The lowest BCUT2D eigenvalue weighted by Crippen LogP contribution is -2.38. The van der Waals surface area contributed by atoms with E-state index in [1.54, 1.807) is 6.07 Å². The summed E-state index contributed by atoms with van der Waals surface area (Å²) in [7, 11) is -4.04. The second-order valence-electron chi connectivity index (χ2n) is 3.89. The van der Waals surface area contributed by atoms with Crippen LogP contribution in [0.1, 0.15) is 25.5 Å². The van der Waals surface area contributed by atoms with Crippen molar-refractivity contribution in [3.63, 3.8) is 0 Å². The van der Waals surface area contributed by atoms with Crippen molar-refractivity contribution in [3.8, 4) is 0 Å². The molecule has 1 rings (SSSR count). The van der Waals surface area contributed by atoms with Gasteiger partial charge in [0.25, 0.3) is 0 Å². The number of hydrogen-bond acceptors (Lipinski definition) is 3. The zero-order valence-electron chi connectivity index (χ0n) is 9.92. The van der Waals surface area contributed by atoms with E-state index in [1.165, 1.54) is 25.1 Å². The van der Waals surface area contributed by atoms with Crippen LogP contribution in [-0.4, -0.2) is 24.7 Å². The summed E-state index contributed by atoms with van der Waals surface area (Å²) in [4.78, 5) is 10.6. The molecule has 0 aliphatic heterocycles. The third kappa shape index (κ3) is 3.27. The summed E-state index contributed by atoms with van der Waals surface area (Å²) in [6.07, 6.45) is 0. The smallest absolute Gasteiger partial charge is 0.323 e. The summed E-state index contributed by atoms with van der Waals surface area (Å²) in [5.41, 5.74) is 0.165. The Balaban J connectivity index is 2.92. The van der Waals surface area contributed by atoms with Crippen LogP contribution >= 0.6 is 0 Å². The number of carboxylic acid groups (broad SMARTS) is 1. The first kappa shape index (κ1) is 14.6. The summed E-state index contributed by atoms with van der Waals surface area (Å²) in [5.74, 6) is -2.00. The predicted octanol–water partition coefficient (Wildman–Crippen LogP) is 1.28. The van der Waals surface area contributed by atoms with Gasteiger partial charge in [-0.25, -0.2) is 17.5 Å². The highest BCUT2D eigenvalue weighted by molar-refractivity contribution is 7.90. The molecule has 0 aromatic heterocycles.